The number of fused-ring (bicyclic) bond motifs is 5. The van der Waals surface area contributed by atoms with E-state index in [1.165, 1.54) is 6.07 Å². The van der Waals surface area contributed by atoms with Gasteiger partial charge in [-0.2, -0.15) is 0 Å². The van der Waals surface area contributed by atoms with E-state index in [9.17, 15) is 30.6 Å². The third-order valence-electron chi connectivity index (χ3n) is 16.8. The Labute approximate surface area is 414 Å². The molecule has 6 aliphatic rings. The van der Waals surface area contributed by atoms with Crippen LogP contribution in [0.4, 0.5) is 5.69 Å². The number of ether oxygens (including phenoxy) is 2. The van der Waals surface area contributed by atoms with Gasteiger partial charge in [0.15, 0.2) is 23.0 Å². The molecule has 1 aromatic heterocycles. The molecular weight excluding hydrogens is 895 g/mol. The number of phenols is 4. The van der Waals surface area contributed by atoms with Crippen LogP contribution in [0.15, 0.2) is 121 Å². The van der Waals surface area contributed by atoms with Crippen molar-refractivity contribution >= 4 is 22.2 Å². The molecule has 11 rings (SSSR count). The van der Waals surface area contributed by atoms with Crippen molar-refractivity contribution < 1.29 is 44.9 Å². The molecule has 4 aromatic carbocycles. The summed E-state index contributed by atoms with van der Waals surface area (Å²) in [5, 5.41) is 79.0. The van der Waals surface area contributed by atoms with E-state index in [0.29, 0.717) is 69.1 Å². The molecule has 2 bridgehead atoms. The zero-order valence-electron chi connectivity index (χ0n) is 40.2. The fraction of sp³-hybridized carbons (Fsp3) is 0.407. The largest absolute Gasteiger partial charge is 0.508 e. The average molecular weight is 960 g/mol. The first kappa shape index (κ1) is 46.7. The molecular formula is C59H65N3O9. The fourth-order valence-electron chi connectivity index (χ4n) is 13.4. The summed E-state index contributed by atoms with van der Waals surface area (Å²) < 4.78 is 12.4. The highest BCUT2D eigenvalue weighted by molar-refractivity contribution is 5.92. The van der Waals surface area contributed by atoms with E-state index in [2.05, 4.69) is 59.0 Å². The molecule has 1 fully saturated rings. The van der Waals surface area contributed by atoms with Crippen LogP contribution in [-0.4, -0.2) is 73.4 Å². The molecule has 0 saturated heterocycles. The Morgan fingerprint density at radius 1 is 0.958 bits per heavy atom. The van der Waals surface area contributed by atoms with Crippen molar-refractivity contribution in [3.8, 4) is 34.5 Å². The minimum absolute atomic E-state index is 0.0250. The topological polar surface area (TPSA) is 197 Å². The molecule has 12 heteroatoms. The van der Waals surface area contributed by atoms with E-state index < -0.39 is 35.4 Å². The van der Waals surface area contributed by atoms with Crippen LogP contribution < -0.4 is 20.1 Å². The summed E-state index contributed by atoms with van der Waals surface area (Å²) in [5.74, 6) is -0.923. The molecule has 9 N–H and O–H groups in total. The summed E-state index contributed by atoms with van der Waals surface area (Å²) in [5.41, 5.74) is 5.07. The highest BCUT2D eigenvalue weighted by Gasteiger charge is 2.58. The van der Waals surface area contributed by atoms with Crippen molar-refractivity contribution in [2.45, 2.75) is 101 Å². The number of carbonyl (C=O) groups excluding carboxylic acids is 1. The van der Waals surface area contributed by atoms with Crippen molar-refractivity contribution in [1.29, 1.82) is 0 Å². The first-order valence-corrected chi connectivity index (χ1v) is 25.6. The lowest BCUT2D eigenvalue weighted by Crippen LogP contribution is -2.50. The van der Waals surface area contributed by atoms with Crippen LogP contribution in [0.2, 0.25) is 0 Å². The quantitative estimate of drug-likeness (QED) is 0.0504. The smallest absolute Gasteiger partial charge is 0.200 e. The lowest BCUT2D eigenvalue weighted by Gasteiger charge is -2.47. The zero-order chi connectivity index (χ0) is 49.0. The molecule has 370 valence electrons. The number of ketones is 1. The third kappa shape index (κ3) is 8.83. The van der Waals surface area contributed by atoms with Crippen LogP contribution in [0.3, 0.4) is 0 Å². The van der Waals surface area contributed by atoms with Gasteiger partial charge in [-0.25, -0.2) is 0 Å². The molecule has 10 unspecified atom stereocenters. The lowest BCUT2D eigenvalue weighted by atomic mass is 9.57. The highest BCUT2D eigenvalue weighted by Crippen LogP contribution is 2.59. The number of aryl methyl sites for hydroxylation is 1. The number of rotatable bonds is 9. The Morgan fingerprint density at radius 3 is 2.69 bits per heavy atom. The maximum absolute atomic E-state index is 16.3. The number of hydrogen-bond acceptors (Lipinski definition) is 11. The van der Waals surface area contributed by atoms with E-state index in [1.54, 1.807) is 24.3 Å². The Bertz CT molecular complexity index is 2960. The van der Waals surface area contributed by atoms with Crippen LogP contribution >= 0.6 is 0 Å². The van der Waals surface area contributed by atoms with Gasteiger partial charge in [0.05, 0.1) is 31.3 Å². The van der Waals surface area contributed by atoms with Crippen molar-refractivity contribution in [2.75, 3.05) is 25.1 Å². The molecule has 71 heavy (non-hydrogen) atoms. The molecule has 4 heterocycles. The number of aliphatic hydroxyl groups is 2. The Morgan fingerprint density at radius 2 is 1.85 bits per heavy atom. The number of aromatic nitrogens is 1. The van der Waals surface area contributed by atoms with Gasteiger partial charge in [-0.05, 0) is 157 Å². The van der Waals surface area contributed by atoms with E-state index >= 15 is 4.79 Å². The van der Waals surface area contributed by atoms with E-state index in [0.717, 1.165) is 69.5 Å². The molecule has 0 radical (unpaired) electrons. The predicted octanol–water partition coefficient (Wildman–Crippen LogP) is 10.0. The summed E-state index contributed by atoms with van der Waals surface area (Å²) in [7, 11) is 0. The summed E-state index contributed by atoms with van der Waals surface area (Å²) in [6.07, 6.45) is 17.8. The van der Waals surface area contributed by atoms with Crippen LogP contribution in [0, 0.1) is 29.1 Å². The van der Waals surface area contributed by atoms with Crippen molar-refractivity contribution in [1.82, 2.24) is 10.3 Å². The second-order valence-electron chi connectivity index (χ2n) is 21.2. The van der Waals surface area contributed by atoms with Crippen molar-refractivity contribution in [2.24, 2.45) is 29.1 Å². The number of dihydropyridines is 1. The normalized spacial score (nSPS) is 28.5. The number of carbonyl (C=O) groups is 1. The van der Waals surface area contributed by atoms with Crippen LogP contribution in [0.25, 0.3) is 10.8 Å². The van der Waals surface area contributed by atoms with Gasteiger partial charge in [0.1, 0.15) is 17.4 Å². The number of allylic oxidation sites excluding steroid dienone is 5. The summed E-state index contributed by atoms with van der Waals surface area (Å²) in [4.78, 5) is 19.7. The molecule has 1 saturated carbocycles. The highest BCUT2D eigenvalue weighted by atomic mass is 16.5. The maximum atomic E-state index is 16.3. The number of Topliss-reactive ketones (excluding diaryl/α,β-unsaturated/α-hetero) is 1. The summed E-state index contributed by atoms with van der Waals surface area (Å²) in [6.45, 7) is 3.44. The van der Waals surface area contributed by atoms with Gasteiger partial charge in [-0.15, -0.1) is 0 Å². The predicted molar refractivity (Wildman–Crippen MR) is 273 cm³/mol. The van der Waals surface area contributed by atoms with Crippen molar-refractivity contribution in [3.05, 3.63) is 149 Å². The zero-order valence-corrected chi connectivity index (χ0v) is 40.2. The number of aromatic amines is 1. The van der Waals surface area contributed by atoms with Gasteiger partial charge in [0.2, 0.25) is 5.75 Å². The Hall–Kier alpha value is -6.63. The van der Waals surface area contributed by atoms with Gasteiger partial charge in [0.25, 0.3) is 0 Å². The minimum atomic E-state index is -1.20. The van der Waals surface area contributed by atoms with Gasteiger partial charge >= 0.3 is 0 Å². The van der Waals surface area contributed by atoms with Gasteiger partial charge in [-0.3, -0.25) is 4.79 Å². The third-order valence-corrected chi connectivity index (χ3v) is 16.8. The molecule has 1 spiro atoms. The number of benzene rings is 4. The van der Waals surface area contributed by atoms with Crippen LogP contribution in [-0.2, 0) is 17.6 Å². The number of aromatic hydroxyl groups is 4. The molecule has 3 aliphatic carbocycles. The van der Waals surface area contributed by atoms with Crippen LogP contribution in [0.1, 0.15) is 104 Å². The fourth-order valence-corrected chi connectivity index (χ4v) is 13.4. The molecule has 5 aromatic rings. The number of H-pyrrole nitrogens is 1. The number of nitrogens with one attached hydrogen (secondary N) is 3. The molecule has 3 aliphatic heterocycles. The first-order chi connectivity index (χ1) is 34.4. The Kier molecular flexibility index (Phi) is 12.6. The SMILES string of the molecule is CC1CC=CC(COc2cc(C3CCc4c(ccc5cc(O)ccc45)NC4=CC(=CCN4)C4(CCC(O)C4Cc4ccc[nH]4)C(C(O)CC4C=CC5CCOc6c(O)ccc4c65)C(=O)C3)cc(O)c2O)C1. The number of hydrogen-bond donors (Lipinski definition) is 9. The number of phenolic OH excluding ortho intramolecular Hbond substituents is 4. The van der Waals surface area contributed by atoms with Crippen molar-refractivity contribution in [3.63, 3.8) is 0 Å². The molecule has 0 amide bonds. The molecule has 12 nitrogen and oxygen atoms in total. The van der Waals surface area contributed by atoms with E-state index in [-0.39, 0.29) is 65.1 Å². The maximum Gasteiger partial charge on any atom is 0.200 e. The Balaban J connectivity index is 1.06. The van der Waals surface area contributed by atoms with Gasteiger partial charge in [-0.1, -0.05) is 55.5 Å². The lowest BCUT2D eigenvalue weighted by molar-refractivity contribution is -0.134. The van der Waals surface area contributed by atoms with Gasteiger partial charge in [0, 0.05) is 65.2 Å². The summed E-state index contributed by atoms with van der Waals surface area (Å²) >= 11 is 0. The second-order valence-corrected chi connectivity index (χ2v) is 21.2. The number of anilines is 1. The summed E-state index contributed by atoms with van der Waals surface area (Å²) in [6, 6.07) is 20.2. The number of aliphatic hydroxyl groups excluding tert-OH is 2. The minimum Gasteiger partial charge on any atom is -0.508 e. The standard InChI is InChI=1S/C59H65N3O9/c1-33-4-2-5-34(24-33)32-71-53-29-39(28-52(68)57(53)69)36-9-12-45-43-13-11-42(63)25-37(43)10-15-47(45)62-54-30-40(18-22-61-54)59(20-17-48(64)46(59)31-41-6-3-21-60-41)56(50(66)26-36)51(67)27-38-8-7-35-19-23-70-58-49(65)16-14-44(38)55(35)58/h2-3,5-8,10-11,13-16,18,21,25,28-30,33-36,38,46,48,51,56,60-65,67-69H,4,9,12,17,19-20,22-24,26-27,31-32H2,1H3. The first-order valence-electron chi connectivity index (χ1n) is 25.6. The van der Waals surface area contributed by atoms with E-state index in [4.69, 9.17) is 9.47 Å². The molecule has 10 atom stereocenters. The average Bonchev–Trinajstić information content (AvgIpc) is 4.00. The second kappa shape index (κ2) is 19.2. The van der Waals surface area contributed by atoms with Gasteiger partial charge < -0.3 is 55.7 Å². The van der Waals surface area contributed by atoms with E-state index in [1.807, 2.05) is 42.6 Å². The van der Waals surface area contributed by atoms with Crippen LogP contribution in [0.5, 0.6) is 34.5 Å². The monoisotopic (exact) mass is 959 g/mol.